The molecule has 0 atom stereocenters. The highest BCUT2D eigenvalue weighted by molar-refractivity contribution is 9.10. The van der Waals surface area contributed by atoms with E-state index in [4.69, 9.17) is 0 Å². The average Bonchev–Trinajstić information content (AvgIpc) is 2.97. The summed E-state index contributed by atoms with van der Waals surface area (Å²) >= 11 is 5.16. The summed E-state index contributed by atoms with van der Waals surface area (Å²) in [5, 5.41) is 4.27. The lowest BCUT2D eigenvalue weighted by Crippen LogP contribution is -2.18. The number of nitrogens with one attached hydrogen (secondary N) is 1. The number of thiazole rings is 1. The van der Waals surface area contributed by atoms with Crippen molar-refractivity contribution < 1.29 is 0 Å². The van der Waals surface area contributed by atoms with Crippen molar-refractivity contribution in [1.29, 1.82) is 0 Å². The topological polar surface area (TPSA) is 41.6 Å². The van der Waals surface area contributed by atoms with E-state index >= 15 is 0 Å². The minimum atomic E-state index is -0.116. The first kappa shape index (κ1) is 11.9. The number of H-pyrrole nitrogens is 1. The summed E-state index contributed by atoms with van der Waals surface area (Å²) in [5.41, 5.74) is 2.02. The maximum Gasteiger partial charge on any atom is 0.137 e. The molecule has 0 bridgehead atoms. The van der Waals surface area contributed by atoms with Crippen LogP contribution in [0.2, 0.25) is 0 Å². The molecule has 3 heterocycles. The maximum absolute atomic E-state index is 4.45. The van der Waals surface area contributed by atoms with E-state index in [-0.39, 0.29) is 5.41 Å². The summed E-state index contributed by atoms with van der Waals surface area (Å²) in [6, 6.07) is 2.10. The van der Waals surface area contributed by atoms with Crippen molar-refractivity contribution in [3.63, 3.8) is 0 Å². The third-order valence-corrected chi connectivity index (χ3v) is 4.67. The summed E-state index contributed by atoms with van der Waals surface area (Å²) < 4.78 is 0.991. The molecule has 18 heavy (non-hydrogen) atoms. The second-order valence-corrected chi connectivity index (χ2v) is 6.52. The number of rotatable bonds is 2. The minimum Gasteiger partial charge on any atom is -0.346 e. The lowest BCUT2D eigenvalue weighted by atomic mass is 9.85. The molecular weight excluding hydrogens is 310 g/mol. The van der Waals surface area contributed by atoms with Crippen molar-refractivity contribution >= 4 is 38.3 Å². The van der Waals surface area contributed by atoms with E-state index in [0.29, 0.717) is 0 Å². The molecule has 3 rings (SSSR count). The van der Waals surface area contributed by atoms with Crippen molar-refractivity contribution in [2.24, 2.45) is 0 Å². The van der Waals surface area contributed by atoms with E-state index < -0.39 is 0 Å². The van der Waals surface area contributed by atoms with Crippen LogP contribution in [0.4, 0.5) is 0 Å². The van der Waals surface area contributed by atoms with Crippen LogP contribution in [0.5, 0.6) is 0 Å². The average molecular weight is 322 g/mol. The molecule has 0 saturated carbocycles. The van der Waals surface area contributed by atoms with Gasteiger partial charge >= 0.3 is 0 Å². The van der Waals surface area contributed by atoms with Gasteiger partial charge in [0, 0.05) is 39.2 Å². The molecule has 0 fully saturated rings. The van der Waals surface area contributed by atoms with E-state index in [9.17, 15) is 0 Å². The summed E-state index contributed by atoms with van der Waals surface area (Å²) in [6.45, 7) is 4.38. The molecule has 0 radical (unpaired) electrons. The van der Waals surface area contributed by atoms with E-state index in [1.165, 1.54) is 5.56 Å². The largest absolute Gasteiger partial charge is 0.346 e. The van der Waals surface area contributed by atoms with Gasteiger partial charge in [-0.25, -0.2) is 9.97 Å². The van der Waals surface area contributed by atoms with Gasteiger partial charge in [-0.05, 0) is 41.4 Å². The Kier molecular flexibility index (Phi) is 2.75. The van der Waals surface area contributed by atoms with Gasteiger partial charge in [0.1, 0.15) is 10.7 Å². The van der Waals surface area contributed by atoms with Gasteiger partial charge in [0.2, 0.25) is 0 Å². The van der Waals surface area contributed by atoms with E-state index in [2.05, 4.69) is 50.8 Å². The number of hydrogen-bond acceptors (Lipinski definition) is 3. The van der Waals surface area contributed by atoms with Crippen molar-refractivity contribution in [3.05, 3.63) is 45.1 Å². The molecule has 3 aromatic heterocycles. The Morgan fingerprint density at radius 1 is 1.33 bits per heavy atom. The predicted molar refractivity (Wildman–Crippen MR) is 78.0 cm³/mol. The van der Waals surface area contributed by atoms with Gasteiger partial charge in [0.05, 0.1) is 0 Å². The summed E-state index contributed by atoms with van der Waals surface area (Å²) in [5.74, 6) is 0. The van der Waals surface area contributed by atoms with Crippen LogP contribution in [0.25, 0.3) is 11.0 Å². The lowest BCUT2D eigenvalue weighted by molar-refractivity contribution is 0.641. The highest BCUT2D eigenvalue weighted by Gasteiger charge is 2.28. The molecule has 0 unspecified atom stereocenters. The molecule has 3 aromatic rings. The fraction of sp³-hybridized carbons (Fsp3) is 0.231. The lowest BCUT2D eigenvalue weighted by Gasteiger charge is -2.21. The highest BCUT2D eigenvalue weighted by atomic mass is 79.9. The third kappa shape index (κ3) is 1.78. The predicted octanol–water partition coefficient (Wildman–Crippen LogP) is 4.11. The van der Waals surface area contributed by atoms with Crippen LogP contribution in [0.15, 0.2) is 34.5 Å². The fourth-order valence-corrected chi connectivity index (χ4v) is 3.25. The van der Waals surface area contributed by atoms with E-state index in [1.54, 1.807) is 17.5 Å². The van der Waals surface area contributed by atoms with Gasteiger partial charge in [-0.3, -0.25) is 0 Å². The van der Waals surface area contributed by atoms with Crippen molar-refractivity contribution in [1.82, 2.24) is 15.0 Å². The zero-order valence-electron chi connectivity index (χ0n) is 10.1. The number of aromatic nitrogens is 3. The number of pyridine rings is 1. The molecule has 3 nitrogen and oxygen atoms in total. The normalized spacial score (nSPS) is 12.2. The van der Waals surface area contributed by atoms with Crippen LogP contribution >= 0.6 is 27.3 Å². The standard InChI is InChI=1S/C13H12BrN3S/c1-13(2,12-15-3-4-18-12)10-7-17-11-9(10)5-8(14)6-16-11/h3-7H,1-2H3,(H,16,17). The van der Waals surface area contributed by atoms with Crippen LogP contribution in [0, 0.1) is 0 Å². The first-order valence-electron chi connectivity index (χ1n) is 5.62. The van der Waals surface area contributed by atoms with Crippen molar-refractivity contribution in [3.8, 4) is 0 Å². The molecule has 0 saturated heterocycles. The quantitative estimate of drug-likeness (QED) is 0.771. The van der Waals surface area contributed by atoms with Crippen LogP contribution < -0.4 is 0 Å². The Morgan fingerprint density at radius 2 is 2.17 bits per heavy atom. The molecule has 92 valence electrons. The third-order valence-electron chi connectivity index (χ3n) is 3.14. The number of nitrogens with zero attached hydrogens (tertiary/aromatic N) is 2. The minimum absolute atomic E-state index is 0.116. The number of fused-ring (bicyclic) bond motifs is 1. The summed E-state index contributed by atoms with van der Waals surface area (Å²) in [6.07, 6.45) is 5.69. The van der Waals surface area contributed by atoms with Crippen LogP contribution in [0.1, 0.15) is 24.4 Å². The molecule has 0 aliphatic carbocycles. The van der Waals surface area contributed by atoms with Crippen LogP contribution in [-0.2, 0) is 5.41 Å². The molecule has 1 N–H and O–H groups in total. The van der Waals surface area contributed by atoms with Crippen molar-refractivity contribution in [2.75, 3.05) is 0 Å². The fourth-order valence-electron chi connectivity index (χ4n) is 2.14. The monoisotopic (exact) mass is 321 g/mol. The molecule has 5 heteroatoms. The van der Waals surface area contributed by atoms with Gasteiger partial charge in [0.15, 0.2) is 0 Å². The second-order valence-electron chi connectivity index (χ2n) is 4.71. The first-order chi connectivity index (χ1) is 8.59. The first-order valence-corrected chi connectivity index (χ1v) is 7.29. The van der Waals surface area contributed by atoms with Gasteiger partial charge in [-0.15, -0.1) is 11.3 Å². The molecule has 0 aromatic carbocycles. The van der Waals surface area contributed by atoms with Crippen LogP contribution in [-0.4, -0.2) is 15.0 Å². The zero-order valence-corrected chi connectivity index (χ0v) is 12.5. The molecular formula is C13H12BrN3S. The van der Waals surface area contributed by atoms with Crippen molar-refractivity contribution in [2.45, 2.75) is 19.3 Å². The molecule has 0 amide bonds. The van der Waals surface area contributed by atoms with Gasteiger partial charge in [-0.1, -0.05) is 0 Å². The Bertz CT molecular complexity index is 685. The maximum atomic E-state index is 4.45. The smallest absolute Gasteiger partial charge is 0.137 e. The highest BCUT2D eigenvalue weighted by Crippen LogP contribution is 2.37. The molecule has 0 spiro atoms. The Labute approximate surface area is 117 Å². The summed E-state index contributed by atoms with van der Waals surface area (Å²) in [7, 11) is 0. The number of halogens is 1. The Morgan fingerprint density at radius 3 is 2.89 bits per heavy atom. The summed E-state index contributed by atoms with van der Waals surface area (Å²) in [4.78, 5) is 12.1. The van der Waals surface area contributed by atoms with Gasteiger partial charge in [-0.2, -0.15) is 0 Å². The molecule has 0 aliphatic rings. The number of aromatic amines is 1. The van der Waals surface area contributed by atoms with E-state index in [0.717, 1.165) is 20.5 Å². The van der Waals surface area contributed by atoms with Gasteiger partial charge in [0.25, 0.3) is 0 Å². The Hall–Kier alpha value is -1.20. The molecule has 0 aliphatic heterocycles. The second kappa shape index (κ2) is 4.17. The van der Waals surface area contributed by atoms with Crippen LogP contribution in [0.3, 0.4) is 0 Å². The van der Waals surface area contributed by atoms with E-state index in [1.807, 2.05) is 17.8 Å². The van der Waals surface area contributed by atoms with Gasteiger partial charge < -0.3 is 4.98 Å². The number of hydrogen-bond donors (Lipinski definition) is 1. The Balaban J connectivity index is 2.23. The zero-order chi connectivity index (χ0) is 12.8. The SMILES string of the molecule is CC(C)(c1nccs1)c1c[nH]c2ncc(Br)cc12.